The van der Waals surface area contributed by atoms with Crippen LogP contribution in [0.3, 0.4) is 0 Å². The van der Waals surface area contributed by atoms with Gasteiger partial charge in [-0.2, -0.15) is 0 Å². The molecule has 0 radical (unpaired) electrons. The third kappa shape index (κ3) is 7.87. The lowest BCUT2D eigenvalue weighted by Crippen LogP contribution is -2.22. The van der Waals surface area contributed by atoms with Crippen LogP contribution < -0.4 is 5.32 Å². The van der Waals surface area contributed by atoms with E-state index < -0.39 is 0 Å². The summed E-state index contributed by atoms with van der Waals surface area (Å²) in [6.07, 6.45) is 10.4. The highest BCUT2D eigenvalue weighted by molar-refractivity contribution is 5.94. The Kier molecular flexibility index (Phi) is 9.04. The number of amides is 1. The number of aromatic hydroxyl groups is 1. The number of rotatable bonds is 10. The van der Waals surface area contributed by atoms with Crippen molar-refractivity contribution < 1.29 is 9.90 Å². The number of unbranched alkanes of at least 4 members (excludes halogenated alkanes) is 6. The third-order valence-corrected chi connectivity index (χ3v) is 3.75. The fraction of sp³-hybridized carbons (Fsp3) is 0.526. The molecular formula is C19H29NO2. The highest BCUT2D eigenvalue weighted by atomic mass is 16.3. The minimum Gasteiger partial charge on any atom is -0.508 e. The Bertz CT molecular complexity index is 463. The van der Waals surface area contributed by atoms with Gasteiger partial charge in [-0.15, -0.1) is 0 Å². The monoisotopic (exact) mass is 303 g/mol. The molecule has 0 fully saturated rings. The van der Waals surface area contributed by atoms with Crippen LogP contribution in [0.4, 0.5) is 0 Å². The molecule has 2 N–H and O–H groups in total. The summed E-state index contributed by atoms with van der Waals surface area (Å²) >= 11 is 0. The van der Waals surface area contributed by atoms with Gasteiger partial charge in [-0.05, 0) is 36.6 Å². The summed E-state index contributed by atoms with van der Waals surface area (Å²) < 4.78 is 0. The summed E-state index contributed by atoms with van der Waals surface area (Å²) in [5.41, 5.74) is 1.85. The summed E-state index contributed by atoms with van der Waals surface area (Å²) in [6, 6.07) is 6.88. The second-order valence-corrected chi connectivity index (χ2v) is 5.79. The first-order valence-electron chi connectivity index (χ1n) is 8.39. The molecule has 0 spiro atoms. The van der Waals surface area contributed by atoms with Crippen LogP contribution >= 0.6 is 0 Å². The second-order valence-electron chi connectivity index (χ2n) is 5.79. The van der Waals surface area contributed by atoms with Crippen LogP contribution in [-0.2, 0) is 4.79 Å². The molecule has 0 saturated carbocycles. The van der Waals surface area contributed by atoms with E-state index in [1.165, 1.54) is 38.5 Å². The van der Waals surface area contributed by atoms with E-state index in [1.807, 2.05) is 19.1 Å². The van der Waals surface area contributed by atoms with Gasteiger partial charge in [0, 0.05) is 12.6 Å². The SMILES string of the molecule is CCCCCCCCCNC(=O)C=C(C)c1ccc(O)cc1. The minimum absolute atomic E-state index is 0.0449. The Labute approximate surface area is 134 Å². The lowest BCUT2D eigenvalue weighted by Gasteiger charge is -2.05. The molecule has 0 bridgehead atoms. The van der Waals surface area contributed by atoms with Gasteiger partial charge in [0.2, 0.25) is 5.91 Å². The molecule has 0 unspecified atom stereocenters. The number of nitrogens with one attached hydrogen (secondary N) is 1. The first-order chi connectivity index (χ1) is 10.6. The fourth-order valence-corrected chi connectivity index (χ4v) is 2.35. The van der Waals surface area contributed by atoms with Crippen LogP contribution in [0.5, 0.6) is 5.75 Å². The van der Waals surface area contributed by atoms with E-state index in [-0.39, 0.29) is 11.7 Å². The third-order valence-electron chi connectivity index (χ3n) is 3.75. The van der Waals surface area contributed by atoms with Crippen molar-refractivity contribution in [1.29, 1.82) is 0 Å². The molecule has 0 aliphatic carbocycles. The van der Waals surface area contributed by atoms with Crippen molar-refractivity contribution in [3.63, 3.8) is 0 Å². The first-order valence-corrected chi connectivity index (χ1v) is 8.39. The predicted molar refractivity (Wildman–Crippen MR) is 92.8 cm³/mol. The summed E-state index contributed by atoms with van der Waals surface area (Å²) in [4.78, 5) is 11.8. The minimum atomic E-state index is -0.0449. The number of benzene rings is 1. The average molecular weight is 303 g/mol. The van der Waals surface area contributed by atoms with Crippen molar-refractivity contribution in [2.45, 2.75) is 58.8 Å². The van der Waals surface area contributed by atoms with Gasteiger partial charge in [-0.3, -0.25) is 4.79 Å². The van der Waals surface area contributed by atoms with Gasteiger partial charge in [0.1, 0.15) is 5.75 Å². The highest BCUT2D eigenvalue weighted by Gasteiger charge is 2.00. The molecule has 3 heteroatoms. The Hall–Kier alpha value is -1.77. The van der Waals surface area contributed by atoms with Crippen LogP contribution in [0.1, 0.15) is 64.4 Å². The Morgan fingerprint density at radius 1 is 1.05 bits per heavy atom. The van der Waals surface area contributed by atoms with Gasteiger partial charge >= 0.3 is 0 Å². The predicted octanol–water partition coefficient (Wildman–Crippen LogP) is 4.66. The van der Waals surface area contributed by atoms with Crippen LogP contribution in [-0.4, -0.2) is 17.6 Å². The first kappa shape index (κ1) is 18.3. The van der Waals surface area contributed by atoms with Crippen molar-refractivity contribution in [3.05, 3.63) is 35.9 Å². The van der Waals surface area contributed by atoms with Gasteiger partial charge in [0.25, 0.3) is 0 Å². The maximum absolute atomic E-state index is 11.8. The molecule has 1 aromatic rings. The van der Waals surface area contributed by atoms with Gasteiger partial charge < -0.3 is 10.4 Å². The summed E-state index contributed by atoms with van der Waals surface area (Å²) in [7, 11) is 0. The van der Waals surface area contributed by atoms with Gasteiger partial charge in [0.05, 0.1) is 0 Å². The number of allylic oxidation sites excluding steroid dienone is 1. The standard InChI is InChI=1S/C19H29NO2/c1-3-4-5-6-7-8-9-14-20-19(22)15-16(2)17-10-12-18(21)13-11-17/h10-13,15,21H,3-9,14H2,1-2H3,(H,20,22). The number of carbonyl (C=O) groups is 1. The van der Waals surface area contributed by atoms with Gasteiger partial charge in [0.15, 0.2) is 0 Å². The Morgan fingerprint density at radius 2 is 1.64 bits per heavy atom. The number of carbonyl (C=O) groups excluding carboxylic acids is 1. The Morgan fingerprint density at radius 3 is 2.27 bits per heavy atom. The molecule has 122 valence electrons. The Balaban J connectivity index is 2.19. The lowest BCUT2D eigenvalue weighted by atomic mass is 10.1. The van der Waals surface area contributed by atoms with E-state index in [4.69, 9.17) is 0 Å². The number of hydrogen-bond donors (Lipinski definition) is 2. The van der Waals surface area contributed by atoms with E-state index in [0.717, 1.165) is 24.1 Å². The van der Waals surface area contributed by atoms with Crippen LogP contribution in [0.2, 0.25) is 0 Å². The summed E-state index contributed by atoms with van der Waals surface area (Å²) in [6.45, 7) is 4.87. The molecule has 0 aliphatic rings. The molecular weight excluding hydrogens is 274 g/mol. The normalized spacial score (nSPS) is 11.5. The zero-order valence-corrected chi connectivity index (χ0v) is 13.9. The largest absolute Gasteiger partial charge is 0.508 e. The molecule has 1 aromatic carbocycles. The quantitative estimate of drug-likeness (QED) is 0.488. The van der Waals surface area contributed by atoms with Crippen LogP contribution in [0, 0.1) is 0 Å². The van der Waals surface area contributed by atoms with Crippen molar-refractivity contribution in [2.24, 2.45) is 0 Å². The maximum Gasteiger partial charge on any atom is 0.244 e. The summed E-state index contributed by atoms with van der Waals surface area (Å²) in [5, 5.41) is 12.2. The molecule has 0 heterocycles. The van der Waals surface area contributed by atoms with Crippen molar-refractivity contribution in [3.8, 4) is 5.75 Å². The zero-order valence-electron chi connectivity index (χ0n) is 13.9. The van der Waals surface area contributed by atoms with Crippen molar-refractivity contribution >= 4 is 11.5 Å². The molecule has 0 saturated heterocycles. The van der Waals surface area contributed by atoms with Crippen LogP contribution in [0.15, 0.2) is 30.3 Å². The maximum atomic E-state index is 11.8. The van der Waals surface area contributed by atoms with E-state index in [2.05, 4.69) is 12.2 Å². The zero-order chi connectivity index (χ0) is 16.2. The molecule has 0 aromatic heterocycles. The van der Waals surface area contributed by atoms with Crippen LogP contribution in [0.25, 0.3) is 5.57 Å². The topological polar surface area (TPSA) is 49.3 Å². The van der Waals surface area contributed by atoms with Gasteiger partial charge in [-0.1, -0.05) is 57.6 Å². The molecule has 1 amide bonds. The van der Waals surface area contributed by atoms with Gasteiger partial charge in [-0.25, -0.2) is 0 Å². The van der Waals surface area contributed by atoms with E-state index >= 15 is 0 Å². The van der Waals surface area contributed by atoms with Crippen molar-refractivity contribution in [1.82, 2.24) is 5.32 Å². The second kappa shape index (κ2) is 10.9. The highest BCUT2D eigenvalue weighted by Crippen LogP contribution is 2.17. The number of phenolic OH excluding ortho intramolecular Hbond substituents is 1. The number of hydrogen-bond acceptors (Lipinski definition) is 2. The van der Waals surface area contributed by atoms with E-state index in [0.29, 0.717) is 0 Å². The molecule has 0 atom stereocenters. The molecule has 0 aliphatic heterocycles. The smallest absolute Gasteiger partial charge is 0.244 e. The molecule has 3 nitrogen and oxygen atoms in total. The summed E-state index contributed by atoms with van der Waals surface area (Å²) in [5.74, 6) is 0.191. The number of phenols is 1. The van der Waals surface area contributed by atoms with E-state index in [1.54, 1.807) is 18.2 Å². The molecule has 1 rings (SSSR count). The average Bonchev–Trinajstić information content (AvgIpc) is 2.50. The fourth-order valence-electron chi connectivity index (χ4n) is 2.35. The lowest BCUT2D eigenvalue weighted by molar-refractivity contribution is -0.116. The molecule has 22 heavy (non-hydrogen) atoms. The van der Waals surface area contributed by atoms with Crippen molar-refractivity contribution in [2.75, 3.05) is 6.54 Å². The van der Waals surface area contributed by atoms with E-state index in [9.17, 15) is 9.90 Å².